The Morgan fingerprint density at radius 3 is 0.947 bits per heavy atom. The molecule has 0 saturated heterocycles. The molecule has 0 radical (unpaired) electrons. The van der Waals surface area contributed by atoms with Crippen molar-refractivity contribution in [2.45, 2.75) is 47.1 Å². The second-order valence-electron chi connectivity index (χ2n) is 18.8. The quantitative estimate of drug-likeness (QED) is 0.0476. The van der Waals surface area contributed by atoms with Gasteiger partial charge in [-0.05, 0) is 6.92 Å². The summed E-state index contributed by atoms with van der Waals surface area (Å²) in [4.78, 5) is 187. The number of amides is 12. The molecule has 12 amide bonds. The van der Waals surface area contributed by atoms with E-state index in [0.29, 0.717) is 5.75 Å². The Balaban J connectivity index is 4.82. The SMILES string of the molecule is CC(C)C(=O)OCCSCC(=O)NCCC(=O)N(C)CC(=O)N(C)CC(=O)N(C)CC(=O)N(C)CC(=O)N(C)CC(=O)N(C)CC(=O)N(C)CC(=O)N(C)CC(=O)N(C)CC(=O)N(C)CC(=O)N[C@@H](C)C(=O)C(C)C. The molecule has 27 nitrogen and oxygen atoms in total. The third kappa shape index (κ3) is 26.8. The number of hydrogen-bond donors (Lipinski definition) is 2. The van der Waals surface area contributed by atoms with Crippen LogP contribution in [0.1, 0.15) is 41.0 Å². The van der Waals surface area contributed by atoms with Crippen molar-refractivity contribution in [3.63, 3.8) is 0 Å². The zero-order valence-electron chi connectivity index (χ0n) is 46.3. The highest BCUT2D eigenvalue weighted by atomic mass is 32.2. The van der Waals surface area contributed by atoms with Crippen molar-refractivity contribution in [3.05, 3.63) is 0 Å². The monoisotopic (exact) mass is 1080 g/mol. The number of nitrogens with one attached hydrogen (secondary N) is 2. The molecular weight excluding hydrogens is 1000 g/mol. The van der Waals surface area contributed by atoms with Crippen molar-refractivity contribution >= 4 is 94.4 Å². The summed E-state index contributed by atoms with van der Waals surface area (Å²) in [5.41, 5.74) is 0. The summed E-state index contributed by atoms with van der Waals surface area (Å²) in [6, 6.07) is -0.740. The van der Waals surface area contributed by atoms with Gasteiger partial charge in [0.05, 0.1) is 83.2 Å². The topological polar surface area (TPSA) is 305 Å². The first-order chi connectivity index (χ1) is 34.7. The van der Waals surface area contributed by atoms with E-state index >= 15 is 0 Å². The first-order valence-corrected chi connectivity index (χ1v) is 25.1. The maximum absolute atomic E-state index is 13.0. The molecule has 0 aliphatic heterocycles. The van der Waals surface area contributed by atoms with E-state index in [2.05, 4.69) is 10.6 Å². The van der Waals surface area contributed by atoms with Crippen LogP contribution in [0.4, 0.5) is 0 Å². The van der Waals surface area contributed by atoms with Crippen molar-refractivity contribution in [2.24, 2.45) is 11.8 Å². The predicted octanol–water partition coefficient (Wildman–Crippen LogP) is -4.26. The van der Waals surface area contributed by atoms with Gasteiger partial charge >= 0.3 is 5.97 Å². The van der Waals surface area contributed by atoms with Crippen molar-refractivity contribution < 1.29 is 71.9 Å². The summed E-state index contributed by atoms with van der Waals surface area (Å²) in [5, 5.41) is 5.15. The first-order valence-electron chi connectivity index (χ1n) is 23.9. The number of carbonyl (C=O) groups is 14. The van der Waals surface area contributed by atoms with Crippen LogP contribution in [0.5, 0.6) is 0 Å². The zero-order chi connectivity index (χ0) is 58.0. The number of Topliss-reactive ketones (excluding diaryl/α,β-unsaturated/α-hetero) is 1. The standard InChI is InChI=1S/C47H80N12O15S/c1-31(2)46(72)33(5)49-34(60)20-50(6)37(63)22-52(8)39(65)24-54(10)41(67)26-56(12)43(69)28-58(14)45(71)29-59(15)44(70)27-57(13)42(68)25-55(11)40(66)23-53(9)38(64)21-51(7)36(62)16-17-48-35(61)30-75-19-18-74-47(73)32(3)4/h31-33H,16-30H2,1-15H3,(H,48,61)(H,49,60)/t33-/m0/s1. The fourth-order valence-electron chi connectivity index (χ4n) is 5.95. The fraction of sp³-hybridized carbons (Fsp3) is 0.702. The highest BCUT2D eigenvalue weighted by Gasteiger charge is 2.27. The summed E-state index contributed by atoms with van der Waals surface area (Å²) in [6.07, 6.45) is -0.0834. The number of hydrogen-bond acceptors (Lipinski definition) is 16. The lowest BCUT2D eigenvalue weighted by Gasteiger charge is -2.27. The van der Waals surface area contributed by atoms with Gasteiger partial charge in [0, 0.05) is 95.1 Å². The van der Waals surface area contributed by atoms with Crippen LogP contribution in [-0.2, 0) is 71.9 Å². The lowest BCUT2D eigenvalue weighted by atomic mass is 10.0. The van der Waals surface area contributed by atoms with Crippen molar-refractivity contribution in [3.8, 4) is 0 Å². The molecule has 0 spiro atoms. The third-order valence-corrected chi connectivity index (χ3v) is 12.1. The molecule has 0 rings (SSSR count). The molecule has 75 heavy (non-hydrogen) atoms. The molecule has 0 fully saturated rings. The minimum Gasteiger partial charge on any atom is -0.465 e. The van der Waals surface area contributed by atoms with Gasteiger partial charge in [-0.2, -0.15) is 0 Å². The second-order valence-corrected chi connectivity index (χ2v) is 19.9. The molecule has 0 aromatic rings. The lowest BCUT2D eigenvalue weighted by Crippen LogP contribution is -2.49. The van der Waals surface area contributed by atoms with Crippen LogP contribution in [0, 0.1) is 11.8 Å². The van der Waals surface area contributed by atoms with Gasteiger partial charge in [-0.1, -0.05) is 27.7 Å². The number of rotatable bonds is 32. The summed E-state index contributed by atoms with van der Waals surface area (Å²) in [6.45, 7) is 4.23. The largest absolute Gasteiger partial charge is 0.465 e. The molecule has 0 unspecified atom stereocenters. The molecule has 0 bridgehead atoms. The Morgan fingerprint density at radius 1 is 0.387 bits per heavy atom. The average molecular weight is 1090 g/mol. The van der Waals surface area contributed by atoms with Gasteiger partial charge in [0.25, 0.3) is 0 Å². The van der Waals surface area contributed by atoms with Gasteiger partial charge in [0.2, 0.25) is 70.9 Å². The molecular formula is C47H80N12O15S. The molecule has 0 saturated carbocycles. The van der Waals surface area contributed by atoms with E-state index in [0.717, 1.165) is 49.0 Å². The maximum atomic E-state index is 13.0. The van der Waals surface area contributed by atoms with Gasteiger partial charge in [-0.15, -0.1) is 11.8 Å². The number of nitrogens with zero attached hydrogens (tertiary/aromatic N) is 10. The van der Waals surface area contributed by atoms with Gasteiger partial charge < -0.3 is 64.4 Å². The van der Waals surface area contributed by atoms with Crippen LogP contribution in [0.25, 0.3) is 0 Å². The van der Waals surface area contributed by atoms with E-state index in [1.165, 1.54) is 82.2 Å². The highest BCUT2D eigenvalue weighted by Crippen LogP contribution is 2.05. The van der Waals surface area contributed by atoms with Crippen LogP contribution >= 0.6 is 11.8 Å². The number of carbonyl (C=O) groups excluding carboxylic acids is 14. The normalized spacial score (nSPS) is 11.1. The summed E-state index contributed by atoms with van der Waals surface area (Å²) in [7, 11) is 13.4. The minimum absolute atomic E-state index is 0.0309. The van der Waals surface area contributed by atoms with Crippen molar-refractivity contribution in [1.29, 1.82) is 0 Å². The first kappa shape index (κ1) is 68.1. The number of thioether (sulfide) groups is 1. The number of likely N-dealkylation sites (N-methyl/N-ethyl adjacent to an activating group) is 10. The molecule has 0 aromatic heterocycles. The molecule has 424 valence electrons. The Hall–Kier alpha value is -6.87. The number of ether oxygens (including phenoxy) is 1. The number of esters is 1. The second kappa shape index (κ2) is 33.8. The third-order valence-electron chi connectivity index (χ3n) is 11.2. The summed E-state index contributed by atoms with van der Waals surface area (Å²) in [5.74, 6) is -7.36. The van der Waals surface area contributed by atoms with Crippen molar-refractivity contribution in [1.82, 2.24) is 59.6 Å². The molecule has 0 heterocycles. The van der Waals surface area contributed by atoms with Gasteiger partial charge in [-0.25, -0.2) is 0 Å². The van der Waals surface area contributed by atoms with Gasteiger partial charge in [0.1, 0.15) is 6.61 Å². The lowest BCUT2D eigenvalue weighted by molar-refractivity contribution is -0.146. The average Bonchev–Trinajstić information content (AvgIpc) is 3.32. The Morgan fingerprint density at radius 2 is 0.667 bits per heavy atom. The van der Waals surface area contributed by atoms with E-state index in [-0.39, 0.29) is 67.9 Å². The van der Waals surface area contributed by atoms with E-state index in [9.17, 15) is 67.1 Å². The minimum atomic E-state index is -0.740. The smallest absolute Gasteiger partial charge is 0.308 e. The van der Waals surface area contributed by atoms with Crippen LogP contribution in [-0.4, -0.2) is 298 Å². The highest BCUT2D eigenvalue weighted by molar-refractivity contribution is 7.99. The molecule has 2 N–H and O–H groups in total. The Labute approximate surface area is 444 Å². The van der Waals surface area contributed by atoms with E-state index in [1.54, 1.807) is 34.6 Å². The molecule has 0 aliphatic rings. The van der Waals surface area contributed by atoms with Crippen LogP contribution in [0.2, 0.25) is 0 Å². The molecule has 28 heteroatoms. The van der Waals surface area contributed by atoms with Gasteiger partial charge in [0.15, 0.2) is 5.78 Å². The Bertz CT molecular complexity index is 2080. The zero-order valence-corrected chi connectivity index (χ0v) is 47.2. The molecule has 0 aliphatic carbocycles. The predicted molar refractivity (Wildman–Crippen MR) is 275 cm³/mol. The summed E-state index contributed by atoms with van der Waals surface area (Å²) >= 11 is 1.27. The van der Waals surface area contributed by atoms with E-state index in [1.807, 2.05) is 0 Å². The van der Waals surface area contributed by atoms with Crippen LogP contribution < -0.4 is 10.6 Å². The number of ketones is 1. The fourth-order valence-corrected chi connectivity index (χ4v) is 6.58. The van der Waals surface area contributed by atoms with Crippen LogP contribution in [0.3, 0.4) is 0 Å². The van der Waals surface area contributed by atoms with Crippen molar-refractivity contribution in [2.75, 3.05) is 161 Å². The Kier molecular flexibility index (Phi) is 30.7. The van der Waals surface area contributed by atoms with Crippen LogP contribution in [0.15, 0.2) is 0 Å². The summed E-state index contributed by atoms with van der Waals surface area (Å²) < 4.78 is 5.05. The van der Waals surface area contributed by atoms with Gasteiger partial charge in [-0.3, -0.25) is 67.1 Å². The van der Waals surface area contributed by atoms with E-state index in [4.69, 9.17) is 4.74 Å². The molecule has 0 aromatic carbocycles. The molecule has 1 atom stereocenters. The van der Waals surface area contributed by atoms with E-state index < -0.39 is 123 Å². The maximum Gasteiger partial charge on any atom is 0.308 e.